The molecule has 1 aromatic heterocycles. The van der Waals surface area contributed by atoms with E-state index in [0.29, 0.717) is 6.04 Å². The average Bonchev–Trinajstić information content (AvgIpc) is 2.46. The minimum absolute atomic E-state index is 0.229. The topological polar surface area (TPSA) is 59.5 Å². The number of piperidine rings is 1. The van der Waals surface area contributed by atoms with Gasteiger partial charge in [-0.25, -0.2) is 4.98 Å². The van der Waals surface area contributed by atoms with E-state index in [1.54, 1.807) is 6.07 Å². The van der Waals surface area contributed by atoms with Crippen LogP contribution in [0.4, 0.5) is 13.2 Å². The minimum Gasteiger partial charge on any atom is -0.355 e. The van der Waals surface area contributed by atoms with Crippen LogP contribution in [0.3, 0.4) is 0 Å². The summed E-state index contributed by atoms with van der Waals surface area (Å²) in [6, 6.07) is 3.15. The molecule has 0 amide bonds. The molecule has 130 valence electrons. The molecule has 0 aliphatic carbocycles. The molecule has 1 aliphatic rings. The van der Waals surface area contributed by atoms with Crippen molar-refractivity contribution in [2.45, 2.75) is 44.2 Å². The molecule has 0 spiro atoms. The molecule has 5 nitrogen and oxygen atoms in total. The van der Waals surface area contributed by atoms with Crippen molar-refractivity contribution >= 4 is 10.1 Å². The standard InChI is InChI=1S/C14H19F3N2O3S/c1-10(2)19-7-3-4-12(9-19)11-5-6-13(18-8-11)22-23(20,21)14(15,16)17/h5-6,8,10,12H,3-4,7,9H2,1-2H3. The van der Waals surface area contributed by atoms with E-state index in [1.807, 2.05) is 0 Å². The molecule has 2 heterocycles. The fourth-order valence-electron chi connectivity index (χ4n) is 2.59. The SMILES string of the molecule is CC(C)N1CCCC(c2ccc(OS(=O)(=O)C(F)(F)F)nc2)C1. The third-order valence-electron chi connectivity index (χ3n) is 3.89. The fourth-order valence-corrected chi connectivity index (χ4v) is 3.01. The monoisotopic (exact) mass is 352 g/mol. The lowest BCUT2D eigenvalue weighted by atomic mass is 9.91. The van der Waals surface area contributed by atoms with E-state index in [0.717, 1.165) is 37.6 Å². The highest BCUT2D eigenvalue weighted by Gasteiger charge is 2.48. The Labute approximate surface area is 133 Å². The van der Waals surface area contributed by atoms with Crippen molar-refractivity contribution in [3.8, 4) is 5.88 Å². The number of likely N-dealkylation sites (tertiary alicyclic amines) is 1. The molecule has 1 unspecified atom stereocenters. The lowest BCUT2D eigenvalue weighted by Crippen LogP contribution is -2.39. The second kappa shape index (κ2) is 6.64. The predicted octanol–water partition coefficient (Wildman–Crippen LogP) is 2.90. The fraction of sp³-hybridized carbons (Fsp3) is 0.643. The molecule has 0 radical (unpaired) electrons. The average molecular weight is 352 g/mol. The number of pyridine rings is 1. The molecular formula is C14H19F3N2O3S. The van der Waals surface area contributed by atoms with Gasteiger partial charge >= 0.3 is 15.6 Å². The van der Waals surface area contributed by atoms with Crippen LogP contribution in [0, 0.1) is 0 Å². The van der Waals surface area contributed by atoms with Crippen molar-refractivity contribution in [1.82, 2.24) is 9.88 Å². The molecule has 1 fully saturated rings. The van der Waals surface area contributed by atoms with Crippen LogP contribution in [0.1, 0.15) is 38.2 Å². The van der Waals surface area contributed by atoms with E-state index in [9.17, 15) is 21.6 Å². The smallest absolute Gasteiger partial charge is 0.355 e. The second-order valence-electron chi connectivity index (χ2n) is 5.84. The van der Waals surface area contributed by atoms with Gasteiger partial charge < -0.3 is 9.08 Å². The Morgan fingerprint density at radius 2 is 2.04 bits per heavy atom. The van der Waals surface area contributed by atoms with Crippen molar-refractivity contribution in [3.05, 3.63) is 23.9 Å². The maximum atomic E-state index is 12.3. The Morgan fingerprint density at radius 1 is 1.35 bits per heavy atom. The molecule has 0 N–H and O–H groups in total. The highest BCUT2D eigenvalue weighted by Crippen LogP contribution is 2.29. The van der Waals surface area contributed by atoms with E-state index in [-0.39, 0.29) is 5.92 Å². The van der Waals surface area contributed by atoms with Gasteiger partial charge in [-0.2, -0.15) is 21.6 Å². The van der Waals surface area contributed by atoms with E-state index >= 15 is 0 Å². The van der Waals surface area contributed by atoms with E-state index in [1.165, 1.54) is 6.20 Å². The summed E-state index contributed by atoms with van der Waals surface area (Å²) in [4.78, 5) is 6.03. The zero-order valence-corrected chi connectivity index (χ0v) is 13.7. The van der Waals surface area contributed by atoms with Crippen molar-refractivity contribution < 1.29 is 25.8 Å². The van der Waals surface area contributed by atoms with Crippen LogP contribution in [0.25, 0.3) is 0 Å². The molecular weight excluding hydrogens is 333 g/mol. The lowest BCUT2D eigenvalue weighted by Gasteiger charge is -2.35. The first-order chi connectivity index (χ1) is 10.6. The predicted molar refractivity (Wildman–Crippen MR) is 78.5 cm³/mol. The molecule has 1 atom stereocenters. The van der Waals surface area contributed by atoms with Gasteiger partial charge in [0.15, 0.2) is 0 Å². The molecule has 1 aliphatic heterocycles. The zero-order valence-electron chi connectivity index (χ0n) is 12.9. The van der Waals surface area contributed by atoms with Crippen LogP contribution in [-0.4, -0.2) is 42.9 Å². The third-order valence-corrected chi connectivity index (χ3v) is 4.85. The first-order valence-electron chi connectivity index (χ1n) is 7.31. The summed E-state index contributed by atoms with van der Waals surface area (Å²) in [6.07, 6.45) is 3.38. The molecule has 0 saturated carbocycles. The second-order valence-corrected chi connectivity index (χ2v) is 7.38. The molecule has 0 bridgehead atoms. The van der Waals surface area contributed by atoms with Crippen molar-refractivity contribution in [3.63, 3.8) is 0 Å². The molecule has 0 aromatic carbocycles. The van der Waals surface area contributed by atoms with Crippen molar-refractivity contribution in [2.24, 2.45) is 0 Å². The summed E-state index contributed by atoms with van der Waals surface area (Å²) in [7, 11) is -5.68. The number of halogens is 3. The van der Waals surface area contributed by atoms with Crippen LogP contribution in [0.2, 0.25) is 0 Å². The minimum atomic E-state index is -5.68. The molecule has 1 saturated heterocycles. The summed E-state index contributed by atoms with van der Waals surface area (Å²) in [5.41, 5.74) is -4.60. The first kappa shape index (κ1) is 18.0. The maximum absolute atomic E-state index is 12.3. The normalized spacial score (nSPS) is 20.7. The van der Waals surface area contributed by atoms with Crippen LogP contribution in [-0.2, 0) is 10.1 Å². The summed E-state index contributed by atoms with van der Waals surface area (Å²) in [5.74, 6) is -0.352. The third kappa shape index (κ3) is 4.35. The highest BCUT2D eigenvalue weighted by molar-refractivity contribution is 7.87. The maximum Gasteiger partial charge on any atom is 0.534 e. The van der Waals surface area contributed by atoms with Gasteiger partial charge in [-0.3, -0.25) is 0 Å². The van der Waals surface area contributed by atoms with Gasteiger partial charge in [0.1, 0.15) is 0 Å². The molecule has 23 heavy (non-hydrogen) atoms. The number of hydrogen-bond acceptors (Lipinski definition) is 5. The summed E-state index contributed by atoms with van der Waals surface area (Å²) in [6.45, 7) is 6.09. The summed E-state index contributed by atoms with van der Waals surface area (Å²) >= 11 is 0. The molecule has 1 aromatic rings. The quantitative estimate of drug-likeness (QED) is 0.616. The van der Waals surface area contributed by atoms with Crippen LogP contribution >= 0.6 is 0 Å². The van der Waals surface area contributed by atoms with Gasteiger partial charge in [0.2, 0.25) is 5.88 Å². The summed E-state index contributed by atoms with van der Waals surface area (Å²) in [5, 5.41) is 0. The van der Waals surface area contributed by atoms with E-state index in [4.69, 9.17) is 0 Å². The number of hydrogen-bond donors (Lipinski definition) is 0. The Bertz CT molecular complexity index is 630. The summed E-state index contributed by atoms with van der Waals surface area (Å²) < 4.78 is 62.6. The number of aromatic nitrogens is 1. The van der Waals surface area contributed by atoms with Gasteiger partial charge in [-0.1, -0.05) is 6.07 Å². The Morgan fingerprint density at radius 3 is 2.57 bits per heavy atom. The van der Waals surface area contributed by atoms with Gasteiger partial charge in [0, 0.05) is 24.8 Å². The lowest BCUT2D eigenvalue weighted by molar-refractivity contribution is -0.0501. The number of nitrogens with zero attached hydrogens (tertiary/aromatic N) is 2. The molecule has 2 rings (SSSR count). The number of alkyl halides is 3. The van der Waals surface area contributed by atoms with Crippen LogP contribution in [0.5, 0.6) is 5.88 Å². The number of rotatable bonds is 4. The van der Waals surface area contributed by atoms with Crippen LogP contribution in [0.15, 0.2) is 18.3 Å². The largest absolute Gasteiger partial charge is 0.534 e. The van der Waals surface area contributed by atoms with E-state index < -0.39 is 21.5 Å². The highest BCUT2D eigenvalue weighted by atomic mass is 32.2. The first-order valence-corrected chi connectivity index (χ1v) is 8.72. The van der Waals surface area contributed by atoms with Gasteiger partial charge in [-0.15, -0.1) is 0 Å². The van der Waals surface area contributed by atoms with Crippen molar-refractivity contribution in [1.29, 1.82) is 0 Å². The Hall–Kier alpha value is -1.35. The van der Waals surface area contributed by atoms with Gasteiger partial charge in [0.05, 0.1) is 0 Å². The Kier molecular flexibility index (Phi) is 5.20. The van der Waals surface area contributed by atoms with Gasteiger partial charge in [0.25, 0.3) is 0 Å². The Balaban J connectivity index is 2.08. The van der Waals surface area contributed by atoms with Crippen molar-refractivity contribution in [2.75, 3.05) is 13.1 Å². The zero-order chi connectivity index (χ0) is 17.3. The van der Waals surface area contributed by atoms with E-state index in [2.05, 4.69) is 27.9 Å². The molecule has 9 heteroatoms. The van der Waals surface area contributed by atoms with Crippen LogP contribution < -0.4 is 4.18 Å². The van der Waals surface area contributed by atoms with Gasteiger partial charge in [-0.05, 0) is 44.7 Å².